The number of rotatable bonds is 6. The molecule has 3 nitrogen and oxygen atoms in total. The van der Waals surface area contributed by atoms with Crippen LogP contribution < -0.4 is 10.1 Å². The Morgan fingerprint density at radius 2 is 2.00 bits per heavy atom. The van der Waals surface area contributed by atoms with E-state index in [-0.39, 0.29) is 5.56 Å². The maximum absolute atomic E-state index is 14.4. The van der Waals surface area contributed by atoms with Gasteiger partial charge in [-0.25, -0.2) is 4.39 Å². The molecule has 0 atom stereocenters. The Morgan fingerprint density at radius 1 is 1.25 bits per heavy atom. The van der Waals surface area contributed by atoms with Crippen LogP contribution >= 0.6 is 11.6 Å². The molecule has 0 unspecified atom stereocenters. The number of methoxy groups -OCH3 is 1. The van der Waals surface area contributed by atoms with E-state index in [2.05, 4.69) is 19.2 Å². The summed E-state index contributed by atoms with van der Waals surface area (Å²) in [6, 6.07) is 9.63. The van der Waals surface area contributed by atoms with Crippen LogP contribution in [0.15, 0.2) is 36.4 Å². The molecule has 2 rings (SSSR count). The zero-order chi connectivity index (χ0) is 17.7. The van der Waals surface area contributed by atoms with Gasteiger partial charge in [0.15, 0.2) is 0 Å². The van der Waals surface area contributed by atoms with Crippen LogP contribution in [-0.4, -0.2) is 19.6 Å². The minimum absolute atomic E-state index is 0.0310. The van der Waals surface area contributed by atoms with Crippen LogP contribution in [0.4, 0.5) is 4.39 Å². The lowest BCUT2D eigenvalue weighted by Gasteiger charge is -2.11. The minimum Gasteiger partial charge on any atom is -0.496 e. The highest BCUT2D eigenvalue weighted by molar-refractivity contribution is 6.31. The van der Waals surface area contributed by atoms with Gasteiger partial charge in [-0.3, -0.25) is 4.79 Å². The molecule has 0 aromatic heterocycles. The predicted molar refractivity (Wildman–Crippen MR) is 95.2 cm³/mol. The zero-order valence-electron chi connectivity index (χ0n) is 14.0. The van der Waals surface area contributed by atoms with Gasteiger partial charge in [0.2, 0.25) is 0 Å². The number of ether oxygens (including phenoxy) is 1. The Labute approximate surface area is 146 Å². The van der Waals surface area contributed by atoms with Gasteiger partial charge in [-0.2, -0.15) is 0 Å². The molecule has 24 heavy (non-hydrogen) atoms. The molecule has 0 aliphatic rings. The number of carbonyl (C=O) groups excluding carboxylic acids is 1. The number of amides is 1. The molecular formula is C19H21ClFNO2. The van der Waals surface area contributed by atoms with E-state index in [9.17, 15) is 9.18 Å². The van der Waals surface area contributed by atoms with E-state index in [1.807, 2.05) is 0 Å². The third kappa shape index (κ3) is 4.48. The Hall–Kier alpha value is -2.07. The molecule has 2 aromatic carbocycles. The van der Waals surface area contributed by atoms with Gasteiger partial charge in [-0.1, -0.05) is 31.5 Å². The van der Waals surface area contributed by atoms with Crippen molar-refractivity contribution in [2.75, 3.05) is 13.7 Å². The molecule has 0 saturated carbocycles. The molecular weight excluding hydrogens is 329 g/mol. The average Bonchev–Trinajstić information content (AvgIpc) is 2.54. The van der Waals surface area contributed by atoms with E-state index in [0.29, 0.717) is 34.4 Å². The molecule has 128 valence electrons. The van der Waals surface area contributed by atoms with E-state index in [1.54, 1.807) is 31.4 Å². The van der Waals surface area contributed by atoms with Crippen LogP contribution in [0.25, 0.3) is 11.1 Å². The number of hydrogen-bond acceptors (Lipinski definition) is 2. The number of carbonyl (C=O) groups is 1. The van der Waals surface area contributed by atoms with E-state index >= 15 is 0 Å². The third-order valence-corrected chi connectivity index (χ3v) is 3.93. The highest BCUT2D eigenvalue weighted by atomic mass is 35.5. The summed E-state index contributed by atoms with van der Waals surface area (Å²) in [6.45, 7) is 4.67. The van der Waals surface area contributed by atoms with Gasteiger partial charge in [-0.05, 0) is 48.2 Å². The van der Waals surface area contributed by atoms with Crippen molar-refractivity contribution < 1.29 is 13.9 Å². The van der Waals surface area contributed by atoms with Crippen molar-refractivity contribution in [3.8, 4) is 16.9 Å². The van der Waals surface area contributed by atoms with E-state index in [1.165, 1.54) is 12.1 Å². The molecule has 2 aromatic rings. The predicted octanol–water partition coefficient (Wildman–Crippen LogP) is 4.93. The summed E-state index contributed by atoms with van der Waals surface area (Å²) in [5, 5.41) is 3.27. The van der Waals surface area contributed by atoms with Crippen molar-refractivity contribution in [3.05, 3.63) is 52.8 Å². The van der Waals surface area contributed by atoms with Crippen LogP contribution in [0.1, 0.15) is 30.6 Å². The zero-order valence-corrected chi connectivity index (χ0v) is 14.8. The van der Waals surface area contributed by atoms with Crippen LogP contribution in [-0.2, 0) is 0 Å². The first-order valence-corrected chi connectivity index (χ1v) is 8.21. The molecule has 1 amide bonds. The topological polar surface area (TPSA) is 38.3 Å². The second kappa shape index (κ2) is 8.15. The second-order valence-corrected chi connectivity index (χ2v) is 6.41. The first-order chi connectivity index (χ1) is 11.4. The quantitative estimate of drug-likeness (QED) is 0.803. The van der Waals surface area contributed by atoms with Crippen LogP contribution in [0.5, 0.6) is 5.75 Å². The lowest BCUT2D eigenvalue weighted by Crippen LogP contribution is -2.26. The van der Waals surface area contributed by atoms with Crippen molar-refractivity contribution in [3.63, 3.8) is 0 Å². The molecule has 1 N–H and O–H groups in total. The Kier molecular flexibility index (Phi) is 6.21. The van der Waals surface area contributed by atoms with Gasteiger partial charge in [0, 0.05) is 17.1 Å². The van der Waals surface area contributed by atoms with Crippen LogP contribution in [0.3, 0.4) is 0 Å². The number of hydrogen-bond donors (Lipinski definition) is 1. The summed E-state index contributed by atoms with van der Waals surface area (Å²) in [7, 11) is 1.54. The molecule has 0 aliphatic heterocycles. The summed E-state index contributed by atoms with van der Waals surface area (Å²) in [6.07, 6.45) is 0.852. The van der Waals surface area contributed by atoms with E-state index < -0.39 is 11.7 Å². The van der Waals surface area contributed by atoms with E-state index in [4.69, 9.17) is 16.3 Å². The molecule has 0 bridgehead atoms. The van der Waals surface area contributed by atoms with Crippen molar-refractivity contribution in [2.24, 2.45) is 5.92 Å². The molecule has 0 aliphatic carbocycles. The summed E-state index contributed by atoms with van der Waals surface area (Å²) in [5.74, 6) is 0.0927. The number of halogens is 2. The highest BCUT2D eigenvalue weighted by Gasteiger charge is 2.14. The fraction of sp³-hybridized carbons (Fsp3) is 0.316. The lowest BCUT2D eigenvalue weighted by atomic mass is 10.0. The van der Waals surface area contributed by atoms with Gasteiger partial charge < -0.3 is 10.1 Å². The monoisotopic (exact) mass is 349 g/mol. The lowest BCUT2D eigenvalue weighted by molar-refractivity contribution is 0.0948. The highest BCUT2D eigenvalue weighted by Crippen LogP contribution is 2.33. The summed E-state index contributed by atoms with van der Waals surface area (Å²) < 4.78 is 19.7. The van der Waals surface area contributed by atoms with Crippen molar-refractivity contribution >= 4 is 17.5 Å². The molecule has 0 fully saturated rings. The maximum Gasteiger partial charge on any atom is 0.254 e. The largest absolute Gasteiger partial charge is 0.496 e. The first kappa shape index (κ1) is 18.3. The fourth-order valence-electron chi connectivity index (χ4n) is 2.34. The van der Waals surface area contributed by atoms with Crippen LogP contribution in [0, 0.1) is 11.7 Å². The van der Waals surface area contributed by atoms with Gasteiger partial charge >= 0.3 is 0 Å². The Balaban J connectivity index is 2.24. The summed E-state index contributed by atoms with van der Waals surface area (Å²) in [5.41, 5.74) is 1.31. The Morgan fingerprint density at radius 3 is 2.62 bits per heavy atom. The molecule has 5 heteroatoms. The smallest absolute Gasteiger partial charge is 0.254 e. The second-order valence-electron chi connectivity index (χ2n) is 5.98. The molecule has 0 spiro atoms. The third-order valence-electron chi connectivity index (χ3n) is 3.69. The average molecular weight is 350 g/mol. The summed E-state index contributed by atoms with van der Waals surface area (Å²) >= 11 is 6.01. The molecule has 0 heterocycles. The standard InChI is InChI=1S/C19H21ClFNO2/c1-12(2)8-9-22-19(23)15-6-4-13(10-17(15)21)16-11-14(20)5-7-18(16)24-3/h4-7,10-12H,8-9H2,1-3H3,(H,22,23). The van der Waals surface area contributed by atoms with Gasteiger partial charge in [0.25, 0.3) is 5.91 Å². The SMILES string of the molecule is COc1ccc(Cl)cc1-c1ccc(C(=O)NCCC(C)C)c(F)c1. The van der Waals surface area contributed by atoms with Crippen molar-refractivity contribution in [1.82, 2.24) is 5.32 Å². The van der Waals surface area contributed by atoms with E-state index in [0.717, 1.165) is 6.42 Å². The first-order valence-electron chi connectivity index (χ1n) is 7.84. The number of benzene rings is 2. The normalized spacial score (nSPS) is 10.8. The van der Waals surface area contributed by atoms with Gasteiger partial charge in [0.05, 0.1) is 12.7 Å². The van der Waals surface area contributed by atoms with Crippen molar-refractivity contribution in [1.29, 1.82) is 0 Å². The van der Waals surface area contributed by atoms with Gasteiger partial charge in [-0.15, -0.1) is 0 Å². The molecule has 0 saturated heterocycles. The molecule has 0 radical (unpaired) electrons. The summed E-state index contributed by atoms with van der Waals surface area (Å²) in [4.78, 5) is 12.1. The van der Waals surface area contributed by atoms with Gasteiger partial charge in [0.1, 0.15) is 11.6 Å². The number of nitrogens with one attached hydrogen (secondary N) is 1. The Bertz CT molecular complexity index is 731. The van der Waals surface area contributed by atoms with Crippen LogP contribution in [0.2, 0.25) is 5.02 Å². The van der Waals surface area contributed by atoms with Crippen molar-refractivity contribution in [2.45, 2.75) is 20.3 Å². The fourth-order valence-corrected chi connectivity index (χ4v) is 2.51. The maximum atomic E-state index is 14.4. The minimum atomic E-state index is -0.573.